The molecular weight excluding hydrogens is 361 g/mol. The van der Waals surface area contributed by atoms with Gasteiger partial charge in [-0.2, -0.15) is 0 Å². The Morgan fingerprint density at radius 3 is 2.50 bits per heavy atom. The van der Waals surface area contributed by atoms with Gasteiger partial charge in [-0.15, -0.1) is 0 Å². The molecule has 0 saturated carbocycles. The number of halogens is 3. The van der Waals surface area contributed by atoms with E-state index in [1.807, 2.05) is 24.3 Å². The minimum absolute atomic E-state index is 0.173. The quantitative estimate of drug-likeness (QED) is 0.766. The van der Waals surface area contributed by atoms with Crippen LogP contribution in [0.15, 0.2) is 42.5 Å². The molecule has 1 N–H and O–H groups in total. The van der Waals surface area contributed by atoms with E-state index in [-0.39, 0.29) is 5.91 Å². The molecule has 2 rings (SSSR count). The summed E-state index contributed by atoms with van der Waals surface area (Å²) in [5, 5.41) is 4.46. The fraction of sp³-hybridized carbons (Fsp3) is 0.133. The average Bonchev–Trinajstić information content (AvgIpc) is 2.47. The molecular formula is C15H12BrCl2NO. The van der Waals surface area contributed by atoms with Crippen LogP contribution in [0.1, 0.15) is 21.5 Å². The van der Waals surface area contributed by atoms with E-state index >= 15 is 0 Å². The Hall–Kier alpha value is -1.03. The minimum atomic E-state index is -0.173. The summed E-state index contributed by atoms with van der Waals surface area (Å²) in [5.74, 6) is -0.173. The zero-order valence-corrected chi connectivity index (χ0v) is 13.6. The van der Waals surface area contributed by atoms with Crippen LogP contribution in [0.25, 0.3) is 0 Å². The highest BCUT2D eigenvalue weighted by Gasteiger charge is 2.07. The van der Waals surface area contributed by atoms with Crippen LogP contribution in [0.3, 0.4) is 0 Å². The number of rotatable bonds is 4. The summed E-state index contributed by atoms with van der Waals surface area (Å²) in [7, 11) is 0. The lowest BCUT2D eigenvalue weighted by Gasteiger charge is -2.07. The summed E-state index contributed by atoms with van der Waals surface area (Å²) >= 11 is 15.1. The fourth-order valence-electron chi connectivity index (χ4n) is 1.74. The van der Waals surface area contributed by atoms with Crippen molar-refractivity contribution in [3.05, 3.63) is 69.2 Å². The fourth-order valence-corrected chi connectivity index (χ4v) is 2.39. The molecule has 0 spiro atoms. The summed E-state index contributed by atoms with van der Waals surface area (Å²) in [6, 6.07) is 12.8. The zero-order chi connectivity index (χ0) is 14.5. The Balaban J connectivity index is 2.02. The number of amides is 1. The summed E-state index contributed by atoms with van der Waals surface area (Å²) in [6.45, 7) is 0.472. The van der Waals surface area contributed by atoms with Crippen molar-refractivity contribution in [2.75, 3.05) is 0 Å². The summed E-state index contributed by atoms with van der Waals surface area (Å²) in [6.07, 6.45) is 0. The molecule has 0 aliphatic rings. The maximum absolute atomic E-state index is 12.0. The van der Waals surface area contributed by atoms with Gasteiger partial charge in [-0.1, -0.05) is 63.4 Å². The Kier molecular flexibility index (Phi) is 5.46. The number of benzene rings is 2. The Bertz CT molecular complexity index is 631. The molecule has 20 heavy (non-hydrogen) atoms. The molecule has 104 valence electrons. The lowest BCUT2D eigenvalue weighted by atomic mass is 10.1. The first-order valence-electron chi connectivity index (χ1n) is 5.97. The minimum Gasteiger partial charge on any atom is -0.348 e. The van der Waals surface area contributed by atoms with E-state index in [1.54, 1.807) is 18.2 Å². The third-order valence-corrected chi connectivity index (χ3v) is 4.17. The van der Waals surface area contributed by atoms with E-state index in [0.29, 0.717) is 22.2 Å². The Labute approximate surface area is 136 Å². The highest BCUT2D eigenvalue weighted by molar-refractivity contribution is 9.08. The SMILES string of the molecule is O=C(NCc1cccc(CBr)c1)c1ccc(Cl)c(Cl)c1. The van der Waals surface area contributed by atoms with Crippen LogP contribution in [0.2, 0.25) is 10.0 Å². The van der Waals surface area contributed by atoms with Gasteiger partial charge in [0.25, 0.3) is 5.91 Å². The van der Waals surface area contributed by atoms with Crippen LogP contribution in [0.5, 0.6) is 0 Å². The largest absolute Gasteiger partial charge is 0.348 e. The van der Waals surface area contributed by atoms with Gasteiger partial charge in [0.15, 0.2) is 0 Å². The molecule has 0 saturated heterocycles. The van der Waals surface area contributed by atoms with Gasteiger partial charge in [0, 0.05) is 17.4 Å². The summed E-state index contributed by atoms with van der Waals surface area (Å²) in [5.41, 5.74) is 2.72. The monoisotopic (exact) mass is 371 g/mol. The van der Waals surface area contributed by atoms with Gasteiger partial charge in [-0.05, 0) is 29.3 Å². The second-order valence-electron chi connectivity index (χ2n) is 4.27. The molecule has 0 unspecified atom stereocenters. The highest BCUT2D eigenvalue weighted by Crippen LogP contribution is 2.22. The van der Waals surface area contributed by atoms with E-state index < -0.39 is 0 Å². The van der Waals surface area contributed by atoms with Gasteiger partial charge < -0.3 is 5.32 Å². The molecule has 0 radical (unpaired) electrons. The summed E-state index contributed by atoms with van der Waals surface area (Å²) in [4.78, 5) is 12.0. The number of hydrogen-bond acceptors (Lipinski definition) is 1. The van der Waals surface area contributed by atoms with Crippen LogP contribution in [0, 0.1) is 0 Å². The van der Waals surface area contributed by atoms with Crippen LogP contribution in [-0.2, 0) is 11.9 Å². The maximum atomic E-state index is 12.0. The van der Waals surface area contributed by atoms with Gasteiger partial charge in [-0.25, -0.2) is 0 Å². The number of alkyl halides is 1. The first-order chi connectivity index (χ1) is 9.60. The van der Waals surface area contributed by atoms with Crippen molar-refractivity contribution in [2.24, 2.45) is 0 Å². The second-order valence-corrected chi connectivity index (χ2v) is 5.64. The van der Waals surface area contributed by atoms with Crippen molar-refractivity contribution in [1.29, 1.82) is 0 Å². The highest BCUT2D eigenvalue weighted by atomic mass is 79.9. The van der Waals surface area contributed by atoms with Crippen molar-refractivity contribution >= 4 is 45.0 Å². The predicted molar refractivity (Wildman–Crippen MR) is 86.7 cm³/mol. The average molecular weight is 373 g/mol. The normalized spacial score (nSPS) is 10.3. The smallest absolute Gasteiger partial charge is 0.251 e. The topological polar surface area (TPSA) is 29.1 Å². The zero-order valence-electron chi connectivity index (χ0n) is 10.5. The van der Waals surface area contributed by atoms with Crippen LogP contribution < -0.4 is 5.32 Å². The Morgan fingerprint density at radius 1 is 1.05 bits per heavy atom. The molecule has 0 atom stereocenters. The van der Waals surface area contributed by atoms with Gasteiger partial charge >= 0.3 is 0 Å². The van der Waals surface area contributed by atoms with E-state index in [1.165, 1.54) is 5.56 Å². The molecule has 0 bridgehead atoms. The standard InChI is InChI=1S/C15H12BrCl2NO/c16-8-10-2-1-3-11(6-10)9-19-15(20)12-4-5-13(17)14(18)7-12/h1-7H,8-9H2,(H,19,20). The predicted octanol–water partition coefficient (Wildman–Crippen LogP) is 4.82. The van der Waals surface area contributed by atoms with Crippen molar-refractivity contribution in [2.45, 2.75) is 11.9 Å². The first-order valence-corrected chi connectivity index (χ1v) is 7.85. The Morgan fingerprint density at radius 2 is 1.80 bits per heavy atom. The molecule has 0 aliphatic heterocycles. The van der Waals surface area contributed by atoms with E-state index in [2.05, 4.69) is 21.2 Å². The molecule has 2 aromatic rings. The summed E-state index contributed by atoms with van der Waals surface area (Å²) < 4.78 is 0. The number of carbonyl (C=O) groups is 1. The van der Waals surface area contributed by atoms with Crippen molar-refractivity contribution in [3.63, 3.8) is 0 Å². The number of carbonyl (C=O) groups excluding carboxylic acids is 1. The number of hydrogen-bond donors (Lipinski definition) is 1. The molecule has 0 fully saturated rings. The van der Waals surface area contributed by atoms with Gasteiger partial charge in [0.2, 0.25) is 0 Å². The molecule has 0 heterocycles. The third kappa shape index (κ3) is 3.98. The van der Waals surface area contributed by atoms with Crippen molar-refractivity contribution in [1.82, 2.24) is 5.32 Å². The van der Waals surface area contributed by atoms with Crippen LogP contribution >= 0.6 is 39.1 Å². The molecule has 2 nitrogen and oxygen atoms in total. The van der Waals surface area contributed by atoms with Crippen molar-refractivity contribution in [3.8, 4) is 0 Å². The molecule has 5 heteroatoms. The van der Waals surface area contributed by atoms with Gasteiger partial charge in [0.05, 0.1) is 10.0 Å². The number of nitrogens with one attached hydrogen (secondary N) is 1. The van der Waals surface area contributed by atoms with Crippen LogP contribution in [-0.4, -0.2) is 5.91 Å². The first kappa shape index (κ1) is 15.4. The van der Waals surface area contributed by atoms with Crippen LogP contribution in [0.4, 0.5) is 0 Å². The van der Waals surface area contributed by atoms with E-state index in [4.69, 9.17) is 23.2 Å². The lowest BCUT2D eigenvalue weighted by molar-refractivity contribution is 0.0951. The maximum Gasteiger partial charge on any atom is 0.251 e. The second kappa shape index (κ2) is 7.11. The van der Waals surface area contributed by atoms with Gasteiger partial charge in [-0.3, -0.25) is 4.79 Å². The molecule has 2 aromatic carbocycles. The van der Waals surface area contributed by atoms with Crippen molar-refractivity contribution < 1.29 is 4.79 Å². The molecule has 1 amide bonds. The molecule has 0 aromatic heterocycles. The van der Waals surface area contributed by atoms with Gasteiger partial charge in [0.1, 0.15) is 0 Å². The molecule has 0 aliphatic carbocycles. The van der Waals surface area contributed by atoms with E-state index in [9.17, 15) is 4.79 Å². The third-order valence-electron chi connectivity index (χ3n) is 2.78. The van der Waals surface area contributed by atoms with E-state index in [0.717, 1.165) is 10.9 Å². The lowest BCUT2D eigenvalue weighted by Crippen LogP contribution is -2.22.